The molecule has 1 unspecified atom stereocenters. The molecule has 0 radical (unpaired) electrons. The zero-order valence-corrected chi connectivity index (χ0v) is 9.32. The SMILES string of the molecule is COC(CNC(=O)C1CCCOC1)OC. The maximum absolute atomic E-state index is 11.6. The number of ether oxygens (including phenoxy) is 3. The average molecular weight is 217 g/mol. The lowest BCUT2D eigenvalue weighted by Gasteiger charge is -2.22. The smallest absolute Gasteiger partial charge is 0.225 e. The molecule has 1 amide bonds. The van der Waals surface area contributed by atoms with Crippen LogP contribution in [-0.4, -0.2) is 46.2 Å². The number of nitrogens with one attached hydrogen (secondary N) is 1. The Hall–Kier alpha value is -0.650. The lowest BCUT2D eigenvalue weighted by atomic mass is 10.0. The van der Waals surface area contributed by atoms with Crippen LogP contribution in [0, 0.1) is 5.92 Å². The first-order valence-electron chi connectivity index (χ1n) is 5.19. The molecule has 15 heavy (non-hydrogen) atoms. The molecule has 5 heteroatoms. The van der Waals surface area contributed by atoms with Gasteiger partial charge in [0.1, 0.15) is 0 Å². The van der Waals surface area contributed by atoms with Gasteiger partial charge < -0.3 is 19.5 Å². The maximum Gasteiger partial charge on any atom is 0.225 e. The summed E-state index contributed by atoms with van der Waals surface area (Å²) < 4.78 is 15.2. The van der Waals surface area contributed by atoms with Crippen molar-refractivity contribution in [1.29, 1.82) is 0 Å². The molecule has 0 aliphatic carbocycles. The Morgan fingerprint density at radius 3 is 2.80 bits per heavy atom. The molecule has 0 aromatic heterocycles. The van der Waals surface area contributed by atoms with E-state index in [1.807, 2.05) is 0 Å². The fourth-order valence-corrected chi connectivity index (χ4v) is 1.54. The summed E-state index contributed by atoms with van der Waals surface area (Å²) in [6.07, 6.45) is 1.48. The standard InChI is InChI=1S/C10H19NO4/c1-13-9(14-2)6-11-10(12)8-4-3-5-15-7-8/h8-9H,3-7H2,1-2H3,(H,11,12). The normalized spacial score (nSPS) is 21.7. The molecular formula is C10H19NO4. The predicted molar refractivity (Wildman–Crippen MR) is 54.4 cm³/mol. The lowest BCUT2D eigenvalue weighted by Crippen LogP contribution is -2.40. The Morgan fingerprint density at radius 1 is 1.53 bits per heavy atom. The molecule has 1 saturated heterocycles. The van der Waals surface area contributed by atoms with Crippen molar-refractivity contribution in [2.75, 3.05) is 34.0 Å². The van der Waals surface area contributed by atoms with Crippen molar-refractivity contribution < 1.29 is 19.0 Å². The average Bonchev–Trinajstić information content (AvgIpc) is 2.31. The highest BCUT2D eigenvalue weighted by Gasteiger charge is 2.22. The number of amides is 1. The number of rotatable bonds is 5. The number of methoxy groups -OCH3 is 2. The van der Waals surface area contributed by atoms with Crippen molar-refractivity contribution in [3.05, 3.63) is 0 Å². The molecule has 0 aromatic rings. The van der Waals surface area contributed by atoms with E-state index < -0.39 is 0 Å². The lowest BCUT2D eigenvalue weighted by molar-refractivity contribution is -0.134. The fraction of sp³-hybridized carbons (Fsp3) is 0.900. The van der Waals surface area contributed by atoms with E-state index in [1.165, 1.54) is 0 Å². The Morgan fingerprint density at radius 2 is 2.27 bits per heavy atom. The molecule has 1 heterocycles. The molecule has 0 spiro atoms. The van der Waals surface area contributed by atoms with Crippen LogP contribution in [0.3, 0.4) is 0 Å². The van der Waals surface area contributed by atoms with Gasteiger partial charge in [-0.2, -0.15) is 0 Å². The van der Waals surface area contributed by atoms with E-state index in [0.29, 0.717) is 13.2 Å². The van der Waals surface area contributed by atoms with Gasteiger partial charge >= 0.3 is 0 Å². The summed E-state index contributed by atoms with van der Waals surface area (Å²) in [5.74, 6) is 0.00177. The minimum absolute atomic E-state index is 0.0203. The van der Waals surface area contributed by atoms with Crippen molar-refractivity contribution in [3.8, 4) is 0 Å². The molecule has 0 saturated carbocycles. The summed E-state index contributed by atoms with van der Waals surface area (Å²) in [4.78, 5) is 11.6. The topological polar surface area (TPSA) is 56.8 Å². The van der Waals surface area contributed by atoms with Crippen molar-refractivity contribution in [2.45, 2.75) is 19.1 Å². The molecule has 1 N–H and O–H groups in total. The molecular weight excluding hydrogens is 198 g/mol. The molecule has 1 aliphatic heterocycles. The van der Waals surface area contributed by atoms with Gasteiger partial charge in [-0.15, -0.1) is 0 Å². The minimum atomic E-state index is -0.376. The zero-order valence-electron chi connectivity index (χ0n) is 9.32. The van der Waals surface area contributed by atoms with Gasteiger partial charge in [-0.3, -0.25) is 4.79 Å². The van der Waals surface area contributed by atoms with Crippen LogP contribution in [0.4, 0.5) is 0 Å². The third-order valence-corrected chi connectivity index (χ3v) is 2.50. The summed E-state index contributed by atoms with van der Waals surface area (Å²) in [5.41, 5.74) is 0. The molecule has 1 atom stereocenters. The van der Waals surface area contributed by atoms with Crippen LogP contribution in [0.15, 0.2) is 0 Å². The summed E-state index contributed by atoms with van der Waals surface area (Å²) in [5, 5.41) is 2.79. The first-order chi connectivity index (χ1) is 7.27. The molecule has 5 nitrogen and oxygen atoms in total. The van der Waals surface area contributed by atoms with Gasteiger partial charge in [0.15, 0.2) is 6.29 Å². The Labute approximate surface area is 90.1 Å². The second-order valence-electron chi connectivity index (χ2n) is 3.56. The monoisotopic (exact) mass is 217 g/mol. The molecule has 1 rings (SSSR count). The molecule has 88 valence electrons. The number of hydrogen-bond acceptors (Lipinski definition) is 4. The van der Waals surface area contributed by atoms with Crippen LogP contribution in [0.25, 0.3) is 0 Å². The van der Waals surface area contributed by atoms with Crippen LogP contribution in [-0.2, 0) is 19.0 Å². The first kappa shape index (κ1) is 12.4. The highest BCUT2D eigenvalue weighted by atomic mass is 16.7. The maximum atomic E-state index is 11.6. The van der Waals surface area contributed by atoms with Crippen molar-refractivity contribution >= 4 is 5.91 Å². The quantitative estimate of drug-likeness (QED) is 0.666. The second-order valence-corrected chi connectivity index (χ2v) is 3.56. The largest absolute Gasteiger partial charge is 0.381 e. The van der Waals surface area contributed by atoms with Crippen LogP contribution in [0.1, 0.15) is 12.8 Å². The van der Waals surface area contributed by atoms with E-state index >= 15 is 0 Å². The Bertz CT molecular complexity index is 188. The van der Waals surface area contributed by atoms with Gasteiger partial charge in [0.25, 0.3) is 0 Å². The third-order valence-electron chi connectivity index (χ3n) is 2.50. The molecule has 1 aliphatic rings. The summed E-state index contributed by atoms with van der Waals surface area (Å²) >= 11 is 0. The van der Waals surface area contributed by atoms with Gasteiger partial charge in [0, 0.05) is 20.8 Å². The van der Waals surface area contributed by atoms with Crippen LogP contribution in [0.5, 0.6) is 0 Å². The van der Waals surface area contributed by atoms with Crippen LogP contribution in [0.2, 0.25) is 0 Å². The van der Waals surface area contributed by atoms with Gasteiger partial charge in [-0.1, -0.05) is 0 Å². The van der Waals surface area contributed by atoms with Gasteiger partial charge in [-0.25, -0.2) is 0 Å². The van der Waals surface area contributed by atoms with Gasteiger partial charge in [0.2, 0.25) is 5.91 Å². The fourth-order valence-electron chi connectivity index (χ4n) is 1.54. The number of carbonyl (C=O) groups is 1. The van der Waals surface area contributed by atoms with Crippen molar-refractivity contribution in [2.24, 2.45) is 5.92 Å². The molecule has 0 bridgehead atoms. The van der Waals surface area contributed by atoms with E-state index in [1.54, 1.807) is 14.2 Å². The molecule has 0 aromatic carbocycles. The van der Waals surface area contributed by atoms with Gasteiger partial charge in [0.05, 0.1) is 19.1 Å². The van der Waals surface area contributed by atoms with E-state index in [9.17, 15) is 4.79 Å². The predicted octanol–water partition coefficient (Wildman–Crippen LogP) is 0.148. The highest BCUT2D eigenvalue weighted by Crippen LogP contribution is 2.13. The summed E-state index contributed by atoms with van der Waals surface area (Å²) in [6.45, 7) is 1.67. The van der Waals surface area contributed by atoms with E-state index in [2.05, 4.69) is 5.32 Å². The summed E-state index contributed by atoms with van der Waals surface area (Å²) in [7, 11) is 3.09. The van der Waals surface area contributed by atoms with E-state index in [4.69, 9.17) is 14.2 Å². The minimum Gasteiger partial charge on any atom is -0.381 e. The van der Waals surface area contributed by atoms with Crippen LogP contribution >= 0.6 is 0 Å². The van der Waals surface area contributed by atoms with E-state index in [0.717, 1.165) is 19.4 Å². The summed E-state index contributed by atoms with van der Waals surface area (Å²) in [6, 6.07) is 0. The Kier molecular flexibility index (Phi) is 5.60. The second kappa shape index (κ2) is 6.76. The number of hydrogen-bond donors (Lipinski definition) is 1. The first-order valence-corrected chi connectivity index (χ1v) is 5.19. The highest BCUT2D eigenvalue weighted by molar-refractivity contribution is 5.78. The van der Waals surface area contributed by atoms with Crippen molar-refractivity contribution in [1.82, 2.24) is 5.32 Å². The zero-order chi connectivity index (χ0) is 11.1. The van der Waals surface area contributed by atoms with Gasteiger partial charge in [-0.05, 0) is 12.8 Å². The van der Waals surface area contributed by atoms with E-state index in [-0.39, 0.29) is 18.1 Å². The molecule has 1 fully saturated rings. The number of carbonyl (C=O) groups excluding carboxylic acids is 1. The Balaban J connectivity index is 2.22. The third kappa shape index (κ3) is 4.15. The van der Waals surface area contributed by atoms with Crippen molar-refractivity contribution in [3.63, 3.8) is 0 Å². The van der Waals surface area contributed by atoms with Crippen LogP contribution < -0.4 is 5.32 Å².